The molecule has 1 fully saturated rings. The van der Waals surface area contributed by atoms with E-state index in [4.69, 9.17) is 26.3 Å². The second-order valence-electron chi connectivity index (χ2n) is 3.36. The first-order valence-electron chi connectivity index (χ1n) is 4.73. The highest BCUT2D eigenvalue weighted by Gasteiger charge is 2.18. The summed E-state index contributed by atoms with van der Waals surface area (Å²) in [6, 6.07) is 7.10. The maximum absolute atomic E-state index is 8.90. The van der Waals surface area contributed by atoms with Crippen LogP contribution in [0.3, 0.4) is 0 Å². The van der Waals surface area contributed by atoms with E-state index in [0.29, 0.717) is 22.9 Å². The van der Waals surface area contributed by atoms with Gasteiger partial charge in [-0.1, -0.05) is 11.6 Å². The minimum Gasteiger partial charge on any atom is -0.487 e. The summed E-state index contributed by atoms with van der Waals surface area (Å²) in [5.41, 5.74) is 0.467. The molecule has 0 amide bonds. The van der Waals surface area contributed by atoms with Crippen molar-refractivity contribution < 1.29 is 9.47 Å². The standard InChI is InChI=1S/C11H10ClNO2/c12-9-1-2-11(8(5-9)6-13)15-10-3-4-14-7-10/h1-2,5,10H,3-4,7H2/t10-/m0/s1. The largest absolute Gasteiger partial charge is 0.487 e. The molecule has 1 atom stereocenters. The molecule has 4 heteroatoms. The maximum atomic E-state index is 8.90. The molecule has 1 aromatic carbocycles. The number of benzene rings is 1. The predicted octanol–water partition coefficient (Wildman–Crippen LogP) is 2.38. The molecule has 0 unspecified atom stereocenters. The summed E-state index contributed by atoms with van der Waals surface area (Å²) in [7, 11) is 0. The second-order valence-corrected chi connectivity index (χ2v) is 3.79. The Morgan fingerprint density at radius 2 is 2.40 bits per heavy atom. The predicted molar refractivity (Wildman–Crippen MR) is 56.0 cm³/mol. The zero-order valence-corrected chi connectivity index (χ0v) is 8.83. The van der Waals surface area contributed by atoms with Crippen molar-refractivity contribution in [1.82, 2.24) is 0 Å². The van der Waals surface area contributed by atoms with Crippen LogP contribution in [-0.2, 0) is 4.74 Å². The zero-order valence-electron chi connectivity index (χ0n) is 8.07. The fourth-order valence-corrected chi connectivity index (χ4v) is 1.65. The van der Waals surface area contributed by atoms with Crippen molar-refractivity contribution >= 4 is 11.6 Å². The van der Waals surface area contributed by atoms with Crippen molar-refractivity contribution in [3.8, 4) is 11.8 Å². The molecule has 1 heterocycles. The van der Waals surface area contributed by atoms with Crippen LogP contribution in [0, 0.1) is 11.3 Å². The van der Waals surface area contributed by atoms with E-state index in [9.17, 15) is 0 Å². The quantitative estimate of drug-likeness (QED) is 0.773. The van der Waals surface area contributed by atoms with Gasteiger partial charge in [-0.15, -0.1) is 0 Å². The third-order valence-corrected chi connectivity index (χ3v) is 2.48. The highest BCUT2D eigenvalue weighted by Crippen LogP contribution is 2.24. The Balaban J connectivity index is 2.16. The van der Waals surface area contributed by atoms with Gasteiger partial charge in [-0.2, -0.15) is 5.26 Å². The number of nitriles is 1. The number of ether oxygens (including phenoxy) is 2. The summed E-state index contributed by atoms with van der Waals surface area (Å²) in [6.45, 7) is 1.31. The topological polar surface area (TPSA) is 42.2 Å². The van der Waals surface area contributed by atoms with E-state index in [1.807, 2.05) is 0 Å². The molecule has 1 aliphatic rings. The van der Waals surface area contributed by atoms with Gasteiger partial charge in [0.2, 0.25) is 0 Å². The molecule has 0 N–H and O–H groups in total. The van der Waals surface area contributed by atoms with Crippen LogP contribution in [0.2, 0.25) is 5.02 Å². The molecule has 1 aromatic rings. The minimum atomic E-state index is 0.0540. The van der Waals surface area contributed by atoms with Gasteiger partial charge in [-0.05, 0) is 18.2 Å². The number of hydrogen-bond donors (Lipinski definition) is 0. The Hall–Kier alpha value is -1.24. The highest BCUT2D eigenvalue weighted by molar-refractivity contribution is 6.30. The van der Waals surface area contributed by atoms with Crippen LogP contribution in [0.4, 0.5) is 0 Å². The number of nitrogens with zero attached hydrogens (tertiary/aromatic N) is 1. The van der Waals surface area contributed by atoms with Crippen molar-refractivity contribution in [3.63, 3.8) is 0 Å². The van der Waals surface area contributed by atoms with E-state index in [-0.39, 0.29) is 6.10 Å². The maximum Gasteiger partial charge on any atom is 0.137 e. The van der Waals surface area contributed by atoms with E-state index >= 15 is 0 Å². The van der Waals surface area contributed by atoms with Crippen LogP contribution in [-0.4, -0.2) is 19.3 Å². The lowest BCUT2D eigenvalue weighted by molar-refractivity contribution is 0.141. The van der Waals surface area contributed by atoms with Crippen molar-refractivity contribution in [2.45, 2.75) is 12.5 Å². The van der Waals surface area contributed by atoms with Crippen molar-refractivity contribution in [2.75, 3.05) is 13.2 Å². The van der Waals surface area contributed by atoms with E-state index in [1.165, 1.54) is 0 Å². The minimum absolute atomic E-state index is 0.0540. The Morgan fingerprint density at radius 3 is 3.07 bits per heavy atom. The van der Waals surface area contributed by atoms with Gasteiger partial charge in [-0.3, -0.25) is 0 Å². The fraction of sp³-hybridized carbons (Fsp3) is 0.364. The Bertz CT molecular complexity index is 394. The molecule has 1 saturated heterocycles. The first kappa shape index (κ1) is 10.3. The lowest BCUT2D eigenvalue weighted by Crippen LogP contribution is -2.16. The number of rotatable bonds is 2. The Kier molecular flexibility index (Phi) is 3.10. The molecule has 0 radical (unpaired) electrons. The normalized spacial score (nSPS) is 19.9. The van der Waals surface area contributed by atoms with Crippen LogP contribution in [0.5, 0.6) is 5.75 Å². The van der Waals surface area contributed by atoms with Crippen LogP contribution in [0.25, 0.3) is 0 Å². The van der Waals surface area contributed by atoms with E-state index < -0.39 is 0 Å². The summed E-state index contributed by atoms with van der Waals surface area (Å²) in [5, 5.41) is 9.44. The molecule has 1 aliphatic heterocycles. The molecule has 2 rings (SSSR count). The van der Waals surface area contributed by atoms with Crippen LogP contribution in [0.15, 0.2) is 18.2 Å². The first-order valence-corrected chi connectivity index (χ1v) is 5.11. The van der Waals surface area contributed by atoms with Crippen LogP contribution < -0.4 is 4.74 Å². The Labute approximate surface area is 93.2 Å². The SMILES string of the molecule is N#Cc1cc(Cl)ccc1O[C@H]1CCOC1. The smallest absolute Gasteiger partial charge is 0.137 e. The summed E-state index contributed by atoms with van der Waals surface area (Å²) in [4.78, 5) is 0. The zero-order chi connectivity index (χ0) is 10.7. The lowest BCUT2D eigenvalue weighted by Gasteiger charge is -2.12. The Morgan fingerprint density at radius 1 is 1.53 bits per heavy atom. The fourth-order valence-electron chi connectivity index (χ4n) is 1.48. The second kappa shape index (κ2) is 4.52. The molecule has 0 bridgehead atoms. The third kappa shape index (κ3) is 2.41. The van der Waals surface area contributed by atoms with Gasteiger partial charge in [-0.25, -0.2) is 0 Å². The molecule has 0 spiro atoms. The summed E-state index contributed by atoms with van der Waals surface area (Å²) < 4.78 is 10.8. The van der Waals surface area contributed by atoms with E-state index in [0.717, 1.165) is 13.0 Å². The molecular formula is C11H10ClNO2. The van der Waals surface area contributed by atoms with Gasteiger partial charge in [0.25, 0.3) is 0 Å². The summed E-state index contributed by atoms with van der Waals surface area (Å²) in [5.74, 6) is 0.581. The summed E-state index contributed by atoms with van der Waals surface area (Å²) >= 11 is 5.78. The van der Waals surface area contributed by atoms with E-state index in [1.54, 1.807) is 18.2 Å². The van der Waals surface area contributed by atoms with Crippen molar-refractivity contribution in [3.05, 3.63) is 28.8 Å². The van der Waals surface area contributed by atoms with Gasteiger partial charge >= 0.3 is 0 Å². The first-order chi connectivity index (χ1) is 7.29. The van der Waals surface area contributed by atoms with Crippen LogP contribution >= 0.6 is 11.6 Å². The van der Waals surface area contributed by atoms with Gasteiger partial charge < -0.3 is 9.47 Å². The average Bonchev–Trinajstić information content (AvgIpc) is 2.73. The number of halogens is 1. The molecule has 15 heavy (non-hydrogen) atoms. The number of hydrogen-bond acceptors (Lipinski definition) is 3. The molecule has 3 nitrogen and oxygen atoms in total. The monoisotopic (exact) mass is 223 g/mol. The molecule has 0 aliphatic carbocycles. The lowest BCUT2D eigenvalue weighted by atomic mass is 10.2. The molecule has 0 aromatic heterocycles. The molecular weight excluding hydrogens is 214 g/mol. The van der Waals surface area contributed by atoms with E-state index in [2.05, 4.69) is 6.07 Å². The highest BCUT2D eigenvalue weighted by atomic mass is 35.5. The van der Waals surface area contributed by atoms with Crippen molar-refractivity contribution in [2.24, 2.45) is 0 Å². The third-order valence-electron chi connectivity index (χ3n) is 2.24. The average molecular weight is 224 g/mol. The van der Waals surface area contributed by atoms with Gasteiger partial charge in [0, 0.05) is 11.4 Å². The molecule has 78 valence electrons. The van der Waals surface area contributed by atoms with Crippen molar-refractivity contribution in [1.29, 1.82) is 5.26 Å². The molecule has 0 saturated carbocycles. The summed E-state index contributed by atoms with van der Waals surface area (Å²) in [6.07, 6.45) is 0.923. The van der Waals surface area contributed by atoms with Gasteiger partial charge in [0.1, 0.15) is 17.9 Å². The van der Waals surface area contributed by atoms with Gasteiger partial charge in [0.05, 0.1) is 18.8 Å². The van der Waals surface area contributed by atoms with Gasteiger partial charge in [0.15, 0.2) is 0 Å². The van der Waals surface area contributed by atoms with Crippen LogP contribution in [0.1, 0.15) is 12.0 Å².